The third kappa shape index (κ3) is 6.08. The molecule has 0 radical (unpaired) electrons. The van der Waals surface area contributed by atoms with Crippen molar-refractivity contribution >= 4 is 0 Å². The lowest BCUT2D eigenvalue weighted by molar-refractivity contribution is 0.327. The summed E-state index contributed by atoms with van der Waals surface area (Å²) in [5.74, 6) is 0. The lowest BCUT2D eigenvalue weighted by Crippen LogP contribution is -1.94. The standard InChI is InChI=1S/C10H19F/c1-4-6-9(3)7-8-10(11)5-2/h7,10H,4-6,8H2,1-3H3/b9-7+/t10-/m1/s1. The van der Waals surface area contributed by atoms with Crippen LogP contribution in [0, 0.1) is 0 Å². The maximum atomic E-state index is 12.7. The van der Waals surface area contributed by atoms with Crippen LogP contribution in [-0.4, -0.2) is 6.17 Å². The smallest absolute Gasteiger partial charge is 0.103 e. The van der Waals surface area contributed by atoms with Crippen molar-refractivity contribution in [2.75, 3.05) is 0 Å². The predicted molar refractivity (Wildman–Crippen MR) is 48.5 cm³/mol. The van der Waals surface area contributed by atoms with Crippen LogP contribution >= 0.6 is 0 Å². The fourth-order valence-corrected chi connectivity index (χ4v) is 0.992. The van der Waals surface area contributed by atoms with Crippen molar-refractivity contribution in [2.24, 2.45) is 0 Å². The van der Waals surface area contributed by atoms with E-state index in [1.54, 1.807) is 0 Å². The van der Waals surface area contributed by atoms with Crippen LogP contribution in [0.1, 0.15) is 46.5 Å². The molecule has 0 aromatic heterocycles. The quantitative estimate of drug-likeness (QED) is 0.533. The molecule has 0 amide bonds. The van der Waals surface area contributed by atoms with Crippen molar-refractivity contribution in [1.82, 2.24) is 0 Å². The number of rotatable bonds is 5. The SMILES string of the molecule is CCC/C(C)=C/C[C@H](F)CC. The first-order valence-corrected chi connectivity index (χ1v) is 4.50. The molecule has 1 atom stereocenters. The molecule has 0 aliphatic heterocycles. The first-order valence-electron chi connectivity index (χ1n) is 4.50. The maximum Gasteiger partial charge on any atom is 0.103 e. The van der Waals surface area contributed by atoms with Crippen LogP contribution < -0.4 is 0 Å². The molecule has 1 heteroatoms. The molecule has 0 fully saturated rings. The maximum absolute atomic E-state index is 12.7. The second-order valence-corrected chi connectivity index (χ2v) is 3.04. The lowest BCUT2D eigenvalue weighted by Gasteiger charge is -2.01. The third-order valence-electron chi connectivity index (χ3n) is 1.81. The average molecular weight is 158 g/mol. The van der Waals surface area contributed by atoms with E-state index in [9.17, 15) is 4.39 Å². The largest absolute Gasteiger partial charge is 0.247 e. The molecule has 0 aromatic carbocycles. The molecule has 0 spiro atoms. The van der Waals surface area contributed by atoms with E-state index >= 15 is 0 Å². The van der Waals surface area contributed by atoms with Crippen LogP contribution in [0.25, 0.3) is 0 Å². The van der Waals surface area contributed by atoms with Gasteiger partial charge in [-0.3, -0.25) is 0 Å². The Hall–Kier alpha value is -0.330. The Morgan fingerprint density at radius 3 is 2.55 bits per heavy atom. The van der Waals surface area contributed by atoms with Crippen molar-refractivity contribution in [1.29, 1.82) is 0 Å². The van der Waals surface area contributed by atoms with Crippen LogP contribution in [0.3, 0.4) is 0 Å². The van der Waals surface area contributed by atoms with Gasteiger partial charge in [-0.1, -0.05) is 31.9 Å². The summed E-state index contributed by atoms with van der Waals surface area (Å²) in [6.07, 6.45) is 4.89. The fraction of sp³-hybridized carbons (Fsp3) is 0.800. The van der Waals surface area contributed by atoms with Gasteiger partial charge in [0.25, 0.3) is 0 Å². The first-order chi connectivity index (χ1) is 5.20. The van der Waals surface area contributed by atoms with Gasteiger partial charge in [-0.2, -0.15) is 0 Å². The fourth-order valence-electron chi connectivity index (χ4n) is 0.992. The second kappa shape index (κ2) is 6.38. The Kier molecular flexibility index (Phi) is 6.19. The Labute approximate surface area is 69.5 Å². The van der Waals surface area contributed by atoms with Crippen molar-refractivity contribution in [3.63, 3.8) is 0 Å². The van der Waals surface area contributed by atoms with Crippen molar-refractivity contribution < 1.29 is 4.39 Å². The Morgan fingerprint density at radius 1 is 1.45 bits per heavy atom. The highest BCUT2D eigenvalue weighted by molar-refractivity contribution is 4.98. The molecule has 0 unspecified atom stereocenters. The van der Waals surface area contributed by atoms with E-state index < -0.39 is 6.17 Å². The monoisotopic (exact) mass is 158 g/mol. The average Bonchev–Trinajstić information content (AvgIpc) is 2.01. The van der Waals surface area contributed by atoms with Gasteiger partial charge >= 0.3 is 0 Å². The summed E-state index contributed by atoms with van der Waals surface area (Å²) in [5.41, 5.74) is 1.32. The molecule has 0 rings (SSSR count). The second-order valence-electron chi connectivity index (χ2n) is 3.04. The molecule has 0 saturated heterocycles. The highest BCUT2D eigenvalue weighted by Gasteiger charge is 1.99. The minimum Gasteiger partial charge on any atom is -0.247 e. The highest BCUT2D eigenvalue weighted by Crippen LogP contribution is 2.09. The molecule has 66 valence electrons. The zero-order valence-corrected chi connectivity index (χ0v) is 7.86. The molecule has 0 bridgehead atoms. The van der Waals surface area contributed by atoms with Crippen LogP contribution in [0.5, 0.6) is 0 Å². The Morgan fingerprint density at radius 2 is 2.09 bits per heavy atom. The van der Waals surface area contributed by atoms with Gasteiger partial charge in [-0.25, -0.2) is 4.39 Å². The van der Waals surface area contributed by atoms with E-state index in [1.807, 2.05) is 13.0 Å². The minimum atomic E-state index is -0.637. The van der Waals surface area contributed by atoms with E-state index in [0.717, 1.165) is 12.8 Å². The molecule has 0 N–H and O–H groups in total. The van der Waals surface area contributed by atoms with Crippen molar-refractivity contribution in [3.05, 3.63) is 11.6 Å². The van der Waals surface area contributed by atoms with Crippen LogP contribution in [0.4, 0.5) is 4.39 Å². The molecule has 0 nitrogen and oxygen atoms in total. The number of halogens is 1. The topological polar surface area (TPSA) is 0 Å². The van der Waals surface area contributed by atoms with Gasteiger partial charge < -0.3 is 0 Å². The van der Waals surface area contributed by atoms with Crippen LogP contribution in [-0.2, 0) is 0 Å². The summed E-state index contributed by atoms with van der Waals surface area (Å²) in [5, 5.41) is 0. The number of alkyl halides is 1. The van der Waals surface area contributed by atoms with Crippen molar-refractivity contribution in [2.45, 2.75) is 52.6 Å². The molecule has 0 aliphatic rings. The first kappa shape index (κ1) is 10.7. The van der Waals surface area contributed by atoms with Gasteiger partial charge in [0.05, 0.1) is 0 Å². The molecule has 0 heterocycles. The zero-order chi connectivity index (χ0) is 8.69. The zero-order valence-electron chi connectivity index (χ0n) is 7.86. The van der Waals surface area contributed by atoms with Crippen molar-refractivity contribution in [3.8, 4) is 0 Å². The van der Waals surface area contributed by atoms with Gasteiger partial charge in [-0.15, -0.1) is 0 Å². The number of hydrogen-bond acceptors (Lipinski definition) is 0. The normalized spacial score (nSPS) is 15.1. The minimum absolute atomic E-state index is 0.600. The van der Waals surface area contributed by atoms with Crippen LogP contribution in [0.15, 0.2) is 11.6 Å². The molecule has 11 heavy (non-hydrogen) atoms. The van der Waals surface area contributed by atoms with Crippen LogP contribution in [0.2, 0.25) is 0 Å². The summed E-state index contributed by atoms with van der Waals surface area (Å²) in [4.78, 5) is 0. The number of hydrogen-bond donors (Lipinski definition) is 0. The van der Waals surface area contributed by atoms with Gasteiger partial charge in [0.2, 0.25) is 0 Å². The Balaban J connectivity index is 3.54. The lowest BCUT2D eigenvalue weighted by atomic mass is 10.1. The summed E-state index contributed by atoms with van der Waals surface area (Å²) in [6.45, 7) is 6.10. The summed E-state index contributed by atoms with van der Waals surface area (Å²) < 4.78 is 12.7. The van der Waals surface area contributed by atoms with Gasteiger partial charge in [0.1, 0.15) is 6.17 Å². The summed E-state index contributed by atoms with van der Waals surface area (Å²) in [7, 11) is 0. The Bertz CT molecular complexity index is 116. The van der Waals surface area contributed by atoms with E-state index in [-0.39, 0.29) is 0 Å². The number of allylic oxidation sites excluding steroid dienone is 2. The third-order valence-corrected chi connectivity index (χ3v) is 1.81. The molecular weight excluding hydrogens is 139 g/mol. The van der Waals surface area contributed by atoms with E-state index in [1.165, 1.54) is 5.57 Å². The van der Waals surface area contributed by atoms with E-state index in [0.29, 0.717) is 12.8 Å². The molecular formula is C10H19F. The van der Waals surface area contributed by atoms with Gasteiger partial charge in [0.15, 0.2) is 0 Å². The molecule has 0 aromatic rings. The van der Waals surface area contributed by atoms with E-state index in [2.05, 4.69) is 13.8 Å². The highest BCUT2D eigenvalue weighted by atomic mass is 19.1. The molecule has 0 aliphatic carbocycles. The van der Waals surface area contributed by atoms with Gasteiger partial charge in [0, 0.05) is 0 Å². The predicted octanol–water partition coefficient (Wildman–Crippen LogP) is 3.87. The summed E-state index contributed by atoms with van der Waals surface area (Å²) >= 11 is 0. The van der Waals surface area contributed by atoms with Gasteiger partial charge in [-0.05, 0) is 26.2 Å². The van der Waals surface area contributed by atoms with E-state index in [4.69, 9.17) is 0 Å². The molecule has 0 saturated carbocycles. The summed E-state index contributed by atoms with van der Waals surface area (Å²) in [6, 6.07) is 0.